The van der Waals surface area contributed by atoms with E-state index in [0.717, 1.165) is 17.7 Å². The summed E-state index contributed by atoms with van der Waals surface area (Å²) in [7, 11) is 1.28. The fourth-order valence-corrected chi connectivity index (χ4v) is 2.63. The summed E-state index contributed by atoms with van der Waals surface area (Å²) >= 11 is 5.15. The van der Waals surface area contributed by atoms with Crippen LogP contribution in [-0.2, 0) is 6.42 Å². The second kappa shape index (κ2) is 7.96. The summed E-state index contributed by atoms with van der Waals surface area (Å²) in [5.74, 6) is -0.273. The molecule has 2 N–H and O–H groups in total. The fraction of sp³-hybridized carbons (Fsp3) is 0.118. The van der Waals surface area contributed by atoms with Gasteiger partial charge >= 0.3 is 0 Å². The maximum absolute atomic E-state index is 13.1. The molecule has 0 atom stereocenters. The van der Waals surface area contributed by atoms with Crippen LogP contribution in [0.5, 0.6) is 11.5 Å². The number of nitrogens with one attached hydrogen (secondary N) is 1. The monoisotopic (exact) mass is 403 g/mol. The average Bonchev–Trinajstić information content (AvgIpc) is 3.02. The predicted molar refractivity (Wildman–Crippen MR) is 101 cm³/mol. The van der Waals surface area contributed by atoms with Gasteiger partial charge in [0.2, 0.25) is 4.77 Å². The van der Waals surface area contributed by atoms with Crippen molar-refractivity contribution in [2.45, 2.75) is 6.42 Å². The Morgan fingerprint density at radius 2 is 2.14 bits per heavy atom. The van der Waals surface area contributed by atoms with Crippen LogP contribution in [0.4, 0.5) is 10.1 Å². The molecule has 0 saturated heterocycles. The Kier molecular flexibility index (Phi) is 5.45. The lowest BCUT2D eigenvalue weighted by molar-refractivity contribution is -0.385. The zero-order valence-corrected chi connectivity index (χ0v) is 15.3. The summed E-state index contributed by atoms with van der Waals surface area (Å²) in [6.07, 6.45) is 1.53. The van der Waals surface area contributed by atoms with E-state index in [-0.39, 0.29) is 33.3 Å². The molecular formula is C17H14FN5O4S. The number of hydrogen-bond acceptors (Lipinski definition) is 7. The molecule has 0 radical (unpaired) electrons. The molecule has 144 valence electrons. The summed E-state index contributed by atoms with van der Waals surface area (Å²) in [5, 5.41) is 32.1. The van der Waals surface area contributed by atoms with E-state index >= 15 is 0 Å². The molecule has 0 fully saturated rings. The van der Waals surface area contributed by atoms with Crippen LogP contribution in [0.3, 0.4) is 0 Å². The van der Waals surface area contributed by atoms with E-state index in [2.05, 4.69) is 15.3 Å². The number of phenolic OH excluding ortho intramolecular Hbond substituents is 1. The number of nitrogens with zero attached hydrogens (tertiary/aromatic N) is 4. The van der Waals surface area contributed by atoms with Gasteiger partial charge in [-0.1, -0.05) is 12.1 Å². The largest absolute Gasteiger partial charge is 0.504 e. The number of ether oxygens (including phenoxy) is 1. The zero-order chi connectivity index (χ0) is 20.3. The molecule has 0 aliphatic carbocycles. The van der Waals surface area contributed by atoms with Gasteiger partial charge in [-0.05, 0) is 29.9 Å². The Hall–Kier alpha value is -3.60. The molecule has 0 saturated carbocycles. The van der Waals surface area contributed by atoms with Gasteiger partial charge in [-0.2, -0.15) is 14.9 Å². The van der Waals surface area contributed by atoms with Gasteiger partial charge < -0.3 is 9.84 Å². The molecule has 0 aliphatic heterocycles. The van der Waals surface area contributed by atoms with Crippen LogP contribution in [0.2, 0.25) is 0 Å². The van der Waals surface area contributed by atoms with Crippen LogP contribution in [0.15, 0.2) is 41.5 Å². The maximum Gasteiger partial charge on any atom is 0.274 e. The molecule has 9 nitrogen and oxygen atoms in total. The van der Waals surface area contributed by atoms with E-state index in [4.69, 9.17) is 17.0 Å². The van der Waals surface area contributed by atoms with Crippen molar-refractivity contribution in [1.29, 1.82) is 0 Å². The van der Waals surface area contributed by atoms with Gasteiger partial charge in [0.25, 0.3) is 5.69 Å². The van der Waals surface area contributed by atoms with Gasteiger partial charge in [0.15, 0.2) is 17.3 Å². The van der Waals surface area contributed by atoms with Crippen molar-refractivity contribution in [2.24, 2.45) is 5.10 Å². The lowest BCUT2D eigenvalue weighted by Gasteiger charge is -2.06. The number of halogens is 1. The van der Waals surface area contributed by atoms with E-state index in [1.807, 2.05) is 0 Å². The molecule has 1 heterocycles. The summed E-state index contributed by atoms with van der Waals surface area (Å²) in [5.41, 5.74) is 0.590. The SMILES string of the molecule is COc1cc([N+](=O)[O-])cc(/C=N\n2c(Cc3ccc(F)cc3)n[nH]c2=S)c1O. The number of methoxy groups -OCH3 is 1. The number of benzene rings is 2. The lowest BCUT2D eigenvalue weighted by Crippen LogP contribution is -2.01. The molecule has 0 bridgehead atoms. The minimum atomic E-state index is -0.608. The Morgan fingerprint density at radius 3 is 2.79 bits per heavy atom. The molecule has 2 aromatic carbocycles. The second-order valence-corrected chi connectivity index (χ2v) is 6.03. The van der Waals surface area contributed by atoms with E-state index < -0.39 is 4.92 Å². The van der Waals surface area contributed by atoms with Crippen molar-refractivity contribution in [3.63, 3.8) is 0 Å². The standard InChI is InChI=1S/C17H14FN5O4S/c1-27-14-8-13(23(25)26)7-11(16(14)24)9-19-22-15(20-21-17(22)28)6-10-2-4-12(18)5-3-10/h2-5,7-9,24H,6H2,1H3,(H,21,28)/b19-9-. The van der Waals surface area contributed by atoms with Crippen molar-refractivity contribution < 1.29 is 19.2 Å². The molecular weight excluding hydrogens is 389 g/mol. The minimum absolute atomic E-state index is 0.0574. The van der Waals surface area contributed by atoms with E-state index in [0.29, 0.717) is 12.2 Å². The Morgan fingerprint density at radius 1 is 1.43 bits per heavy atom. The molecule has 0 spiro atoms. The maximum atomic E-state index is 13.1. The molecule has 1 aromatic heterocycles. The van der Waals surface area contributed by atoms with Gasteiger partial charge in [-0.25, -0.2) is 4.39 Å². The van der Waals surface area contributed by atoms with Crippen LogP contribution in [-0.4, -0.2) is 38.2 Å². The Bertz CT molecular complexity index is 1110. The van der Waals surface area contributed by atoms with Crippen LogP contribution in [0.1, 0.15) is 17.0 Å². The first-order valence-electron chi connectivity index (χ1n) is 7.89. The highest BCUT2D eigenvalue weighted by Crippen LogP contribution is 2.33. The third kappa shape index (κ3) is 4.04. The molecule has 3 aromatic rings. The summed E-state index contributed by atoms with van der Waals surface area (Å²) < 4.78 is 19.5. The van der Waals surface area contributed by atoms with Crippen molar-refractivity contribution in [3.05, 3.63) is 74.1 Å². The van der Waals surface area contributed by atoms with Gasteiger partial charge in [-0.3, -0.25) is 15.2 Å². The smallest absolute Gasteiger partial charge is 0.274 e. The van der Waals surface area contributed by atoms with Crippen molar-refractivity contribution in [3.8, 4) is 11.5 Å². The fourth-order valence-electron chi connectivity index (χ4n) is 2.44. The highest BCUT2D eigenvalue weighted by molar-refractivity contribution is 7.71. The number of rotatable bonds is 6. The Balaban J connectivity index is 1.96. The number of non-ortho nitro benzene ring substituents is 1. The topological polar surface area (TPSA) is 119 Å². The average molecular weight is 403 g/mol. The third-order valence-corrected chi connectivity index (χ3v) is 4.09. The Labute approximate surface area is 162 Å². The molecule has 0 unspecified atom stereocenters. The number of aromatic amines is 1. The zero-order valence-electron chi connectivity index (χ0n) is 14.5. The number of aromatic nitrogens is 3. The summed E-state index contributed by atoms with van der Waals surface area (Å²) in [4.78, 5) is 10.5. The molecule has 28 heavy (non-hydrogen) atoms. The number of H-pyrrole nitrogens is 1. The number of phenols is 1. The first-order chi connectivity index (χ1) is 13.4. The number of nitro groups is 1. The van der Waals surface area contributed by atoms with Crippen molar-refractivity contribution >= 4 is 24.1 Å². The summed E-state index contributed by atoms with van der Waals surface area (Å²) in [6, 6.07) is 8.15. The second-order valence-electron chi connectivity index (χ2n) is 5.65. The lowest BCUT2D eigenvalue weighted by atomic mass is 10.1. The minimum Gasteiger partial charge on any atom is -0.504 e. The number of hydrogen-bond donors (Lipinski definition) is 2. The molecule has 11 heteroatoms. The molecule has 0 aliphatic rings. The summed E-state index contributed by atoms with van der Waals surface area (Å²) in [6.45, 7) is 0. The normalized spacial score (nSPS) is 11.1. The van der Waals surface area contributed by atoms with Crippen molar-refractivity contribution in [2.75, 3.05) is 7.11 Å². The van der Waals surface area contributed by atoms with Gasteiger partial charge in [0.1, 0.15) is 5.82 Å². The third-order valence-electron chi connectivity index (χ3n) is 3.83. The highest BCUT2D eigenvalue weighted by atomic mass is 32.1. The van der Waals surface area contributed by atoms with E-state index in [1.54, 1.807) is 12.1 Å². The first-order valence-corrected chi connectivity index (χ1v) is 8.30. The van der Waals surface area contributed by atoms with Gasteiger partial charge in [-0.15, -0.1) is 0 Å². The first kappa shape index (κ1) is 19.2. The quantitative estimate of drug-likeness (QED) is 0.282. The molecule has 0 amide bonds. The predicted octanol–water partition coefficient (Wildman–Crippen LogP) is 3.18. The van der Waals surface area contributed by atoms with Crippen LogP contribution in [0, 0.1) is 20.7 Å². The van der Waals surface area contributed by atoms with Crippen LogP contribution >= 0.6 is 12.2 Å². The van der Waals surface area contributed by atoms with E-state index in [1.165, 1.54) is 30.1 Å². The highest BCUT2D eigenvalue weighted by Gasteiger charge is 2.16. The van der Waals surface area contributed by atoms with Gasteiger partial charge in [0, 0.05) is 18.1 Å². The van der Waals surface area contributed by atoms with Crippen molar-refractivity contribution in [1.82, 2.24) is 14.9 Å². The van der Waals surface area contributed by atoms with Gasteiger partial charge in [0.05, 0.1) is 24.3 Å². The van der Waals surface area contributed by atoms with Crippen LogP contribution in [0.25, 0.3) is 0 Å². The van der Waals surface area contributed by atoms with Crippen LogP contribution < -0.4 is 4.74 Å². The number of nitro benzene ring substituents is 1. The van der Waals surface area contributed by atoms with E-state index in [9.17, 15) is 19.6 Å². The molecule has 3 rings (SSSR count). The number of aromatic hydroxyl groups is 1.